The largest absolute Gasteiger partial charge is 0.339 e. The number of sulfone groups is 1. The Labute approximate surface area is 153 Å². The van der Waals surface area contributed by atoms with E-state index in [4.69, 9.17) is 5.73 Å². The van der Waals surface area contributed by atoms with Crippen LogP contribution < -0.4 is 5.73 Å². The molecule has 7 heteroatoms. The fourth-order valence-electron chi connectivity index (χ4n) is 4.14. The van der Waals surface area contributed by atoms with Gasteiger partial charge in [0.05, 0.1) is 11.8 Å². The zero-order valence-electron chi connectivity index (χ0n) is 16.0. The monoisotopic (exact) mass is 373 g/mol. The zero-order valence-corrected chi connectivity index (χ0v) is 16.8. The second-order valence-electron chi connectivity index (χ2n) is 8.20. The molecule has 1 atom stereocenters. The number of piperazine rings is 1. The Balaban J connectivity index is 1.75. The third-order valence-electron chi connectivity index (χ3n) is 5.94. The number of hydrogen-bond acceptors (Lipinski definition) is 5. The van der Waals surface area contributed by atoms with Crippen molar-refractivity contribution in [2.45, 2.75) is 58.0 Å². The van der Waals surface area contributed by atoms with Crippen LogP contribution in [0.1, 0.15) is 46.0 Å². The van der Waals surface area contributed by atoms with Crippen molar-refractivity contribution in [2.24, 2.45) is 17.6 Å². The number of carbonyl (C=O) groups is 1. The fourth-order valence-corrected chi connectivity index (χ4v) is 4.82. The summed E-state index contributed by atoms with van der Waals surface area (Å²) in [5.41, 5.74) is 5.91. The number of amides is 1. The summed E-state index contributed by atoms with van der Waals surface area (Å²) in [5.74, 6) is 1.52. The minimum Gasteiger partial charge on any atom is -0.339 e. The van der Waals surface area contributed by atoms with Crippen LogP contribution >= 0.6 is 0 Å². The van der Waals surface area contributed by atoms with Crippen molar-refractivity contribution in [3.8, 4) is 0 Å². The average Bonchev–Trinajstić information content (AvgIpc) is 2.58. The number of nitrogens with two attached hydrogens (primary N) is 1. The quantitative estimate of drug-likeness (QED) is 0.754. The standard InChI is InChI=1S/C18H35N3O3S/c1-14(2)15-4-6-16(7-5-15)20-9-11-21(12-10-20)18(22)17(19)8-13-25(3,23)24/h14-17H,4-13,19H2,1-3H3. The van der Waals surface area contributed by atoms with E-state index in [1.807, 2.05) is 4.90 Å². The van der Waals surface area contributed by atoms with E-state index in [2.05, 4.69) is 18.7 Å². The van der Waals surface area contributed by atoms with Gasteiger partial charge in [0.2, 0.25) is 5.91 Å². The van der Waals surface area contributed by atoms with E-state index in [0.29, 0.717) is 19.1 Å². The maximum atomic E-state index is 12.4. The average molecular weight is 374 g/mol. The maximum Gasteiger partial charge on any atom is 0.239 e. The molecule has 0 radical (unpaired) electrons. The zero-order chi connectivity index (χ0) is 18.6. The summed E-state index contributed by atoms with van der Waals surface area (Å²) < 4.78 is 22.5. The second-order valence-corrected chi connectivity index (χ2v) is 10.5. The molecular weight excluding hydrogens is 338 g/mol. The Bertz CT molecular complexity index is 534. The lowest BCUT2D eigenvalue weighted by molar-refractivity contribution is -0.134. The topological polar surface area (TPSA) is 83.7 Å². The van der Waals surface area contributed by atoms with E-state index in [-0.39, 0.29) is 18.1 Å². The van der Waals surface area contributed by atoms with Crippen LogP contribution in [-0.2, 0) is 14.6 Å². The van der Waals surface area contributed by atoms with Crippen LogP contribution in [0.15, 0.2) is 0 Å². The van der Waals surface area contributed by atoms with Gasteiger partial charge in [0.1, 0.15) is 9.84 Å². The minimum atomic E-state index is -3.08. The fraction of sp³-hybridized carbons (Fsp3) is 0.944. The summed E-state index contributed by atoms with van der Waals surface area (Å²) in [6.07, 6.45) is 6.55. The summed E-state index contributed by atoms with van der Waals surface area (Å²) in [5, 5.41) is 0. The number of carbonyl (C=O) groups excluding carboxylic acids is 1. The van der Waals surface area contributed by atoms with Crippen LogP contribution in [0.5, 0.6) is 0 Å². The predicted octanol–water partition coefficient (Wildman–Crippen LogP) is 1.11. The van der Waals surface area contributed by atoms with Gasteiger partial charge in [-0.3, -0.25) is 9.69 Å². The lowest BCUT2D eigenvalue weighted by Crippen LogP contribution is -2.55. The van der Waals surface area contributed by atoms with E-state index in [1.165, 1.54) is 31.9 Å². The molecular formula is C18H35N3O3S. The van der Waals surface area contributed by atoms with Gasteiger partial charge in [-0.15, -0.1) is 0 Å². The molecule has 146 valence electrons. The molecule has 1 aliphatic heterocycles. The molecule has 2 aliphatic rings. The first-order valence-corrected chi connectivity index (χ1v) is 11.7. The molecule has 1 amide bonds. The predicted molar refractivity (Wildman–Crippen MR) is 101 cm³/mol. The molecule has 0 bridgehead atoms. The summed E-state index contributed by atoms with van der Waals surface area (Å²) in [7, 11) is -3.08. The van der Waals surface area contributed by atoms with Gasteiger partial charge in [0, 0.05) is 38.5 Å². The summed E-state index contributed by atoms with van der Waals surface area (Å²) in [6.45, 7) is 7.86. The molecule has 1 heterocycles. The van der Waals surface area contributed by atoms with Gasteiger partial charge < -0.3 is 10.6 Å². The van der Waals surface area contributed by atoms with Crippen LogP contribution in [0.3, 0.4) is 0 Å². The summed E-state index contributed by atoms with van der Waals surface area (Å²) in [4.78, 5) is 16.7. The number of hydrogen-bond donors (Lipinski definition) is 1. The van der Waals surface area contributed by atoms with Crippen LogP contribution in [0.25, 0.3) is 0 Å². The van der Waals surface area contributed by atoms with Crippen LogP contribution in [0, 0.1) is 11.8 Å². The SMILES string of the molecule is CC(C)C1CCC(N2CCN(C(=O)C(N)CCS(C)(=O)=O)CC2)CC1. The third kappa shape index (κ3) is 6.22. The van der Waals surface area contributed by atoms with E-state index < -0.39 is 15.9 Å². The third-order valence-corrected chi connectivity index (χ3v) is 6.92. The molecule has 1 unspecified atom stereocenters. The van der Waals surface area contributed by atoms with Crippen LogP contribution in [-0.4, -0.2) is 74.4 Å². The minimum absolute atomic E-state index is 0.0288. The normalized spacial score (nSPS) is 27.5. The Morgan fingerprint density at radius 2 is 1.64 bits per heavy atom. The molecule has 0 aromatic heterocycles. The molecule has 2 rings (SSSR count). The highest BCUT2D eigenvalue weighted by Crippen LogP contribution is 2.32. The first kappa shape index (κ1) is 20.6. The maximum absolute atomic E-state index is 12.4. The van der Waals surface area contributed by atoms with Gasteiger partial charge in [-0.05, 0) is 43.9 Å². The van der Waals surface area contributed by atoms with Gasteiger partial charge in [0.15, 0.2) is 0 Å². The molecule has 2 fully saturated rings. The van der Waals surface area contributed by atoms with Crippen molar-refractivity contribution in [1.29, 1.82) is 0 Å². The van der Waals surface area contributed by atoms with Crippen molar-refractivity contribution < 1.29 is 13.2 Å². The molecule has 0 aromatic carbocycles. The molecule has 2 N–H and O–H groups in total. The lowest BCUT2D eigenvalue weighted by Gasteiger charge is -2.43. The van der Waals surface area contributed by atoms with Crippen LogP contribution in [0.4, 0.5) is 0 Å². The Morgan fingerprint density at radius 1 is 1.08 bits per heavy atom. The Morgan fingerprint density at radius 3 is 2.12 bits per heavy atom. The molecule has 6 nitrogen and oxygen atoms in total. The first-order valence-electron chi connectivity index (χ1n) is 9.63. The van der Waals surface area contributed by atoms with E-state index >= 15 is 0 Å². The van der Waals surface area contributed by atoms with E-state index in [0.717, 1.165) is 24.9 Å². The second kappa shape index (κ2) is 8.82. The molecule has 1 saturated carbocycles. The number of nitrogens with zero attached hydrogens (tertiary/aromatic N) is 2. The van der Waals surface area contributed by atoms with Crippen molar-refractivity contribution in [3.05, 3.63) is 0 Å². The smallest absolute Gasteiger partial charge is 0.239 e. The molecule has 0 spiro atoms. The molecule has 1 aliphatic carbocycles. The van der Waals surface area contributed by atoms with Crippen molar-refractivity contribution in [3.63, 3.8) is 0 Å². The van der Waals surface area contributed by atoms with Crippen molar-refractivity contribution in [2.75, 3.05) is 38.2 Å². The number of rotatable bonds is 6. The van der Waals surface area contributed by atoms with Gasteiger partial charge in [-0.25, -0.2) is 8.42 Å². The Kier molecular flexibility index (Phi) is 7.29. The van der Waals surface area contributed by atoms with Gasteiger partial charge in [0.25, 0.3) is 0 Å². The van der Waals surface area contributed by atoms with Crippen molar-refractivity contribution >= 4 is 15.7 Å². The van der Waals surface area contributed by atoms with Crippen molar-refractivity contribution in [1.82, 2.24) is 9.80 Å². The van der Waals surface area contributed by atoms with Gasteiger partial charge >= 0.3 is 0 Å². The van der Waals surface area contributed by atoms with Crippen LogP contribution in [0.2, 0.25) is 0 Å². The van der Waals surface area contributed by atoms with Gasteiger partial charge in [-0.2, -0.15) is 0 Å². The lowest BCUT2D eigenvalue weighted by atomic mass is 9.79. The van der Waals surface area contributed by atoms with Gasteiger partial charge in [-0.1, -0.05) is 13.8 Å². The Hall–Kier alpha value is -0.660. The molecule has 1 saturated heterocycles. The highest BCUT2D eigenvalue weighted by atomic mass is 32.2. The summed E-state index contributed by atoms with van der Waals surface area (Å²) >= 11 is 0. The molecule has 0 aromatic rings. The highest BCUT2D eigenvalue weighted by Gasteiger charge is 2.31. The van der Waals surface area contributed by atoms with E-state index in [1.54, 1.807) is 0 Å². The molecule has 25 heavy (non-hydrogen) atoms. The highest BCUT2D eigenvalue weighted by molar-refractivity contribution is 7.90. The van der Waals surface area contributed by atoms with E-state index in [9.17, 15) is 13.2 Å². The first-order chi connectivity index (χ1) is 11.7. The summed E-state index contributed by atoms with van der Waals surface area (Å²) in [6, 6.07) is -0.0473.